The van der Waals surface area contributed by atoms with Gasteiger partial charge in [-0.1, -0.05) is 17.4 Å². The number of anilines is 1. The van der Waals surface area contributed by atoms with Gasteiger partial charge in [0.25, 0.3) is 5.91 Å². The van der Waals surface area contributed by atoms with E-state index in [1.54, 1.807) is 24.1 Å². The molecule has 0 saturated heterocycles. The topological polar surface area (TPSA) is 87.5 Å². The molecule has 8 nitrogen and oxygen atoms in total. The van der Waals surface area contributed by atoms with Crippen LogP contribution >= 0.6 is 11.3 Å². The quantitative estimate of drug-likeness (QED) is 0.538. The van der Waals surface area contributed by atoms with Crippen molar-refractivity contribution in [2.45, 2.75) is 6.92 Å². The molecule has 0 aliphatic carbocycles. The molecule has 0 unspecified atom stereocenters. The predicted molar refractivity (Wildman–Crippen MR) is 113 cm³/mol. The molecule has 0 radical (unpaired) electrons. The van der Waals surface area contributed by atoms with Gasteiger partial charge in [-0.2, -0.15) is 5.10 Å². The summed E-state index contributed by atoms with van der Waals surface area (Å²) in [6.45, 7) is 3.02. The molecule has 1 amide bonds. The zero-order valence-corrected chi connectivity index (χ0v) is 17.2. The number of hydrogen-bond donors (Lipinski definition) is 1. The molecule has 3 heterocycles. The Morgan fingerprint density at radius 3 is 2.77 bits per heavy atom. The average molecular weight is 422 g/mol. The van der Waals surface area contributed by atoms with E-state index in [4.69, 9.17) is 14.2 Å². The van der Waals surface area contributed by atoms with Crippen molar-refractivity contribution in [3.8, 4) is 22.9 Å². The van der Waals surface area contributed by atoms with E-state index in [-0.39, 0.29) is 11.6 Å². The van der Waals surface area contributed by atoms with E-state index in [0.717, 1.165) is 21.5 Å². The van der Waals surface area contributed by atoms with Crippen LogP contribution in [0.1, 0.15) is 16.1 Å². The first-order chi connectivity index (χ1) is 14.6. The number of fused-ring (bicyclic) bond motifs is 2. The summed E-state index contributed by atoms with van der Waals surface area (Å²) in [6.07, 6.45) is 1.73. The Balaban J connectivity index is 1.39. The smallest absolute Gasteiger partial charge is 0.277 e. The maximum atomic E-state index is 12.7. The minimum absolute atomic E-state index is 0.281. The van der Waals surface area contributed by atoms with Gasteiger partial charge in [-0.3, -0.25) is 10.1 Å². The standard InChI is InChI=1S/C21H18N4O4S/c1-12-3-4-16(27-2)15(9-12)25-6-5-13(24-25)20(26)23-21-22-14-10-17-18(11-19(14)30-21)29-8-7-28-17/h3-6,9-11H,7-8H2,1-2H3,(H,22,23,26). The van der Waals surface area contributed by atoms with Crippen molar-refractivity contribution in [2.75, 3.05) is 25.6 Å². The number of amides is 1. The highest BCUT2D eigenvalue weighted by Crippen LogP contribution is 2.37. The molecule has 152 valence electrons. The van der Waals surface area contributed by atoms with Gasteiger partial charge in [0.1, 0.15) is 24.7 Å². The van der Waals surface area contributed by atoms with Crippen molar-refractivity contribution in [1.82, 2.24) is 14.8 Å². The molecule has 4 aromatic rings. The Morgan fingerprint density at radius 1 is 1.17 bits per heavy atom. The number of hydrogen-bond acceptors (Lipinski definition) is 7. The van der Waals surface area contributed by atoms with Crippen molar-refractivity contribution < 1.29 is 19.0 Å². The normalized spacial score (nSPS) is 12.7. The second kappa shape index (κ2) is 7.34. The second-order valence-corrected chi connectivity index (χ2v) is 7.79. The molecular weight excluding hydrogens is 404 g/mol. The maximum absolute atomic E-state index is 12.7. The van der Waals surface area contributed by atoms with Gasteiger partial charge in [0.15, 0.2) is 22.3 Å². The van der Waals surface area contributed by atoms with Gasteiger partial charge < -0.3 is 14.2 Å². The third kappa shape index (κ3) is 3.33. The zero-order valence-electron chi connectivity index (χ0n) is 16.3. The van der Waals surface area contributed by atoms with Crippen LogP contribution < -0.4 is 19.5 Å². The number of carbonyl (C=O) groups is 1. The summed E-state index contributed by atoms with van der Waals surface area (Å²) in [4.78, 5) is 17.2. The highest BCUT2D eigenvalue weighted by Gasteiger charge is 2.18. The van der Waals surface area contributed by atoms with Crippen molar-refractivity contribution in [3.63, 3.8) is 0 Å². The van der Waals surface area contributed by atoms with Gasteiger partial charge in [0, 0.05) is 18.3 Å². The first kappa shape index (κ1) is 18.4. The van der Waals surface area contributed by atoms with E-state index >= 15 is 0 Å². The predicted octanol–water partition coefficient (Wildman–Crippen LogP) is 3.82. The van der Waals surface area contributed by atoms with Crippen molar-refractivity contribution in [3.05, 3.63) is 53.9 Å². The summed E-state index contributed by atoms with van der Waals surface area (Å²) >= 11 is 1.37. The van der Waals surface area contributed by atoms with Crippen LogP contribution in [0.4, 0.5) is 5.13 Å². The molecule has 1 aliphatic rings. The Bertz CT molecular complexity index is 1220. The minimum atomic E-state index is -0.336. The molecule has 1 N–H and O–H groups in total. The summed E-state index contributed by atoms with van der Waals surface area (Å²) in [5.74, 6) is 1.70. The maximum Gasteiger partial charge on any atom is 0.277 e. The van der Waals surface area contributed by atoms with Crippen molar-refractivity contribution in [2.24, 2.45) is 0 Å². The van der Waals surface area contributed by atoms with Gasteiger partial charge in [-0.05, 0) is 30.7 Å². The molecule has 30 heavy (non-hydrogen) atoms. The van der Waals surface area contributed by atoms with Crippen molar-refractivity contribution in [1.29, 1.82) is 0 Å². The summed E-state index contributed by atoms with van der Waals surface area (Å²) in [5.41, 5.74) is 2.86. The zero-order chi connectivity index (χ0) is 20.7. The average Bonchev–Trinajstić information content (AvgIpc) is 3.38. The van der Waals surface area contributed by atoms with Gasteiger partial charge >= 0.3 is 0 Å². The number of thiazole rings is 1. The molecule has 9 heteroatoms. The molecule has 1 aliphatic heterocycles. The Labute approximate surface area is 176 Å². The molecular formula is C21H18N4O4S. The van der Waals surface area contributed by atoms with E-state index in [9.17, 15) is 4.79 Å². The lowest BCUT2D eigenvalue weighted by molar-refractivity contribution is 0.102. The number of nitrogens with zero attached hydrogens (tertiary/aromatic N) is 3. The molecule has 0 spiro atoms. The van der Waals surface area contributed by atoms with E-state index < -0.39 is 0 Å². The van der Waals surface area contributed by atoms with Crippen LogP contribution in [0, 0.1) is 6.92 Å². The second-order valence-electron chi connectivity index (χ2n) is 6.76. The minimum Gasteiger partial charge on any atom is -0.494 e. The molecule has 0 bridgehead atoms. The van der Waals surface area contributed by atoms with Crippen LogP contribution in [0.3, 0.4) is 0 Å². The van der Waals surface area contributed by atoms with Gasteiger partial charge in [0.05, 0.1) is 17.3 Å². The van der Waals surface area contributed by atoms with Crippen LogP contribution in [0.2, 0.25) is 0 Å². The monoisotopic (exact) mass is 422 g/mol. The highest BCUT2D eigenvalue weighted by atomic mass is 32.1. The highest BCUT2D eigenvalue weighted by molar-refractivity contribution is 7.22. The first-order valence-electron chi connectivity index (χ1n) is 9.33. The van der Waals surface area contributed by atoms with Crippen LogP contribution in [-0.2, 0) is 0 Å². The fourth-order valence-electron chi connectivity index (χ4n) is 3.24. The lowest BCUT2D eigenvalue weighted by Crippen LogP contribution is -2.15. The number of benzene rings is 2. The molecule has 2 aromatic heterocycles. The summed E-state index contributed by atoms with van der Waals surface area (Å²) < 4.78 is 19.1. The van der Waals surface area contributed by atoms with Gasteiger partial charge in [0.2, 0.25) is 0 Å². The van der Waals surface area contributed by atoms with E-state index in [2.05, 4.69) is 15.4 Å². The fourth-order valence-corrected chi connectivity index (χ4v) is 4.11. The number of ether oxygens (including phenoxy) is 3. The number of aryl methyl sites for hydroxylation is 1. The van der Waals surface area contributed by atoms with Gasteiger partial charge in [-0.25, -0.2) is 9.67 Å². The first-order valence-corrected chi connectivity index (χ1v) is 10.1. The van der Waals surface area contributed by atoms with E-state index in [1.165, 1.54) is 11.3 Å². The van der Waals surface area contributed by atoms with E-state index in [0.29, 0.717) is 35.6 Å². The Hall–Kier alpha value is -3.59. The molecule has 0 saturated carbocycles. The molecule has 0 fully saturated rings. The largest absolute Gasteiger partial charge is 0.494 e. The van der Waals surface area contributed by atoms with Crippen LogP contribution in [0.5, 0.6) is 17.2 Å². The van der Waals surface area contributed by atoms with Crippen LogP contribution in [0.25, 0.3) is 15.9 Å². The van der Waals surface area contributed by atoms with Crippen molar-refractivity contribution >= 4 is 32.6 Å². The number of carbonyl (C=O) groups excluding carboxylic acids is 1. The van der Waals surface area contributed by atoms with Crippen LogP contribution in [-0.4, -0.2) is 41.0 Å². The molecule has 5 rings (SSSR count). The summed E-state index contributed by atoms with van der Waals surface area (Å²) in [7, 11) is 1.60. The van der Waals surface area contributed by atoms with E-state index in [1.807, 2.05) is 37.3 Å². The lowest BCUT2D eigenvalue weighted by Gasteiger charge is -2.17. The Morgan fingerprint density at radius 2 is 1.97 bits per heavy atom. The third-order valence-electron chi connectivity index (χ3n) is 4.68. The number of nitrogens with one attached hydrogen (secondary N) is 1. The fraction of sp³-hybridized carbons (Fsp3) is 0.190. The SMILES string of the molecule is COc1ccc(C)cc1-n1ccc(C(=O)Nc2nc3cc4c(cc3s2)OCCO4)n1. The Kier molecular flexibility index (Phi) is 4.51. The summed E-state index contributed by atoms with van der Waals surface area (Å²) in [6, 6.07) is 11.2. The molecule has 0 atom stereocenters. The number of rotatable bonds is 4. The number of aromatic nitrogens is 3. The van der Waals surface area contributed by atoms with Crippen LogP contribution in [0.15, 0.2) is 42.6 Å². The third-order valence-corrected chi connectivity index (χ3v) is 5.61. The molecule has 2 aromatic carbocycles. The summed E-state index contributed by atoms with van der Waals surface area (Å²) in [5, 5.41) is 7.71. The lowest BCUT2D eigenvalue weighted by atomic mass is 10.2. The van der Waals surface area contributed by atoms with Gasteiger partial charge in [-0.15, -0.1) is 0 Å². The number of methoxy groups -OCH3 is 1.